The number of carboxylic acids is 1. The third kappa shape index (κ3) is 3.44. The van der Waals surface area contributed by atoms with E-state index in [0.29, 0.717) is 28.2 Å². The van der Waals surface area contributed by atoms with Gasteiger partial charge in [-0.2, -0.15) is 0 Å². The van der Waals surface area contributed by atoms with E-state index in [1.165, 1.54) is 11.1 Å². The van der Waals surface area contributed by atoms with Crippen molar-refractivity contribution in [2.24, 2.45) is 0 Å². The van der Waals surface area contributed by atoms with Crippen LogP contribution in [0.15, 0.2) is 52.4 Å². The van der Waals surface area contributed by atoms with Gasteiger partial charge in [0.25, 0.3) is 5.56 Å². The fourth-order valence-corrected chi connectivity index (χ4v) is 4.89. The predicted octanol–water partition coefficient (Wildman–Crippen LogP) is 4.21. The van der Waals surface area contributed by atoms with Crippen molar-refractivity contribution < 1.29 is 9.90 Å². The number of hydrogen-bond donors (Lipinski definition) is 1. The van der Waals surface area contributed by atoms with Crippen molar-refractivity contribution in [2.75, 3.05) is 0 Å². The fourth-order valence-electron chi connectivity index (χ4n) is 3.80. The molecule has 4 rings (SSSR count). The second kappa shape index (κ2) is 7.80. The van der Waals surface area contributed by atoms with Crippen molar-refractivity contribution in [3.8, 4) is 0 Å². The van der Waals surface area contributed by atoms with Crippen molar-refractivity contribution >= 4 is 28.6 Å². The second-order valence-corrected chi connectivity index (χ2v) is 8.11. The van der Waals surface area contributed by atoms with E-state index in [1.54, 1.807) is 16.7 Å². The Kier molecular flexibility index (Phi) is 5.22. The number of carboxylic acid groups (broad SMARTS) is 1. The van der Waals surface area contributed by atoms with Gasteiger partial charge in [-0.1, -0.05) is 42.1 Å². The van der Waals surface area contributed by atoms with Crippen LogP contribution < -0.4 is 5.56 Å². The van der Waals surface area contributed by atoms with E-state index in [2.05, 4.69) is 0 Å². The van der Waals surface area contributed by atoms with Crippen LogP contribution in [0.4, 0.5) is 0 Å². The molecule has 0 bridgehead atoms. The number of aromatic nitrogens is 2. The molecule has 0 aliphatic heterocycles. The number of fused-ring (bicyclic) bond motifs is 2. The topological polar surface area (TPSA) is 72.2 Å². The van der Waals surface area contributed by atoms with Gasteiger partial charge in [-0.05, 0) is 61.4 Å². The van der Waals surface area contributed by atoms with Gasteiger partial charge in [-0.3, -0.25) is 14.2 Å². The standard InChI is InChI=1S/C22H22N2O3S/c1-2-24-20(25)17-12-15-10-6-7-11-16(15)13-18(17)23-22(24)28-19(21(26)27)14-8-4-3-5-9-14/h3-5,8-9,12-13,19H,2,6-7,10-11H2,1H3,(H,26,27). The maximum Gasteiger partial charge on any atom is 0.321 e. The summed E-state index contributed by atoms with van der Waals surface area (Å²) in [7, 11) is 0. The van der Waals surface area contributed by atoms with E-state index in [-0.39, 0.29) is 5.56 Å². The minimum Gasteiger partial charge on any atom is -0.480 e. The Bertz CT molecular complexity index is 1090. The average Bonchev–Trinajstić information content (AvgIpc) is 2.71. The lowest BCUT2D eigenvalue weighted by Crippen LogP contribution is -2.24. The summed E-state index contributed by atoms with van der Waals surface area (Å²) < 4.78 is 1.58. The van der Waals surface area contributed by atoms with E-state index in [1.807, 2.05) is 37.3 Å². The van der Waals surface area contributed by atoms with Crippen LogP contribution >= 0.6 is 11.8 Å². The van der Waals surface area contributed by atoms with Crippen molar-refractivity contribution in [1.29, 1.82) is 0 Å². The molecule has 28 heavy (non-hydrogen) atoms. The summed E-state index contributed by atoms with van der Waals surface area (Å²) >= 11 is 1.12. The Morgan fingerprint density at radius 2 is 1.86 bits per heavy atom. The number of aryl methyl sites for hydroxylation is 2. The van der Waals surface area contributed by atoms with Crippen LogP contribution in [0.5, 0.6) is 0 Å². The van der Waals surface area contributed by atoms with E-state index in [0.717, 1.165) is 37.4 Å². The summed E-state index contributed by atoms with van der Waals surface area (Å²) in [4.78, 5) is 29.7. The summed E-state index contributed by atoms with van der Waals surface area (Å²) in [5.41, 5.74) is 3.75. The molecule has 1 aromatic heterocycles. The third-order valence-electron chi connectivity index (χ3n) is 5.25. The zero-order chi connectivity index (χ0) is 19.7. The number of carbonyl (C=O) groups is 1. The Morgan fingerprint density at radius 3 is 2.50 bits per heavy atom. The van der Waals surface area contributed by atoms with Crippen molar-refractivity contribution in [3.05, 3.63) is 69.5 Å². The van der Waals surface area contributed by atoms with Gasteiger partial charge >= 0.3 is 5.97 Å². The van der Waals surface area contributed by atoms with Crippen molar-refractivity contribution in [1.82, 2.24) is 9.55 Å². The molecule has 0 fully saturated rings. The Morgan fingerprint density at radius 1 is 1.18 bits per heavy atom. The van der Waals surface area contributed by atoms with Crippen molar-refractivity contribution in [2.45, 2.75) is 49.6 Å². The summed E-state index contributed by atoms with van der Waals surface area (Å²) in [6.07, 6.45) is 4.32. The molecular formula is C22H22N2O3S. The number of aliphatic carboxylic acids is 1. The van der Waals surface area contributed by atoms with Gasteiger partial charge in [0, 0.05) is 6.54 Å². The number of hydrogen-bond acceptors (Lipinski definition) is 4. The first kappa shape index (κ1) is 18.7. The van der Waals surface area contributed by atoms with E-state index < -0.39 is 11.2 Å². The maximum atomic E-state index is 13.1. The molecular weight excluding hydrogens is 372 g/mol. The maximum absolute atomic E-state index is 13.1. The lowest BCUT2D eigenvalue weighted by atomic mass is 9.90. The highest BCUT2D eigenvalue weighted by molar-refractivity contribution is 8.00. The van der Waals surface area contributed by atoms with Gasteiger partial charge in [-0.25, -0.2) is 4.98 Å². The van der Waals surface area contributed by atoms with Gasteiger partial charge < -0.3 is 5.11 Å². The van der Waals surface area contributed by atoms with Gasteiger partial charge in [-0.15, -0.1) is 0 Å². The lowest BCUT2D eigenvalue weighted by molar-refractivity contribution is -0.136. The van der Waals surface area contributed by atoms with Crippen LogP contribution in [0.2, 0.25) is 0 Å². The van der Waals surface area contributed by atoms with Gasteiger partial charge in [0.2, 0.25) is 0 Å². The first-order valence-corrected chi connectivity index (χ1v) is 10.5. The van der Waals surface area contributed by atoms with E-state index >= 15 is 0 Å². The predicted molar refractivity (Wildman–Crippen MR) is 111 cm³/mol. The Balaban J connectivity index is 1.83. The molecule has 144 valence electrons. The van der Waals surface area contributed by atoms with Crippen LogP contribution in [0.1, 0.15) is 41.7 Å². The lowest BCUT2D eigenvalue weighted by Gasteiger charge is -2.19. The third-order valence-corrected chi connectivity index (χ3v) is 6.48. The number of rotatable bonds is 5. The summed E-state index contributed by atoms with van der Waals surface area (Å²) in [5, 5.41) is 10.0. The molecule has 2 aromatic carbocycles. The first-order valence-electron chi connectivity index (χ1n) is 9.59. The fraction of sp³-hybridized carbons (Fsp3) is 0.318. The minimum atomic E-state index is -0.946. The molecule has 0 saturated carbocycles. The molecule has 1 heterocycles. The molecule has 1 aliphatic rings. The number of benzene rings is 2. The highest BCUT2D eigenvalue weighted by atomic mass is 32.2. The van der Waals surface area contributed by atoms with Gasteiger partial charge in [0.05, 0.1) is 10.9 Å². The molecule has 1 atom stereocenters. The number of nitrogens with zero attached hydrogens (tertiary/aromatic N) is 2. The normalized spacial score (nSPS) is 14.6. The Hall–Kier alpha value is -2.60. The molecule has 1 N–H and O–H groups in total. The highest BCUT2D eigenvalue weighted by Gasteiger charge is 2.24. The second-order valence-electron chi connectivity index (χ2n) is 7.04. The summed E-state index contributed by atoms with van der Waals surface area (Å²) in [6, 6.07) is 13.1. The largest absolute Gasteiger partial charge is 0.480 e. The van der Waals surface area contributed by atoms with Crippen LogP contribution in [-0.4, -0.2) is 20.6 Å². The van der Waals surface area contributed by atoms with Crippen LogP contribution in [-0.2, 0) is 24.2 Å². The van der Waals surface area contributed by atoms with Crippen molar-refractivity contribution in [3.63, 3.8) is 0 Å². The zero-order valence-corrected chi connectivity index (χ0v) is 16.5. The molecule has 1 unspecified atom stereocenters. The molecule has 3 aromatic rings. The minimum absolute atomic E-state index is 0.0967. The smallest absolute Gasteiger partial charge is 0.321 e. The highest BCUT2D eigenvalue weighted by Crippen LogP contribution is 2.35. The SMILES string of the molecule is CCn1c(SC(C(=O)O)c2ccccc2)nc2cc3c(cc2c1=O)CCCC3. The van der Waals surface area contributed by atoms with E-state index in [9.17, 15) is 14.7 Å². The molecule has 0 amide bonds. The van der Waals surface area contributed by atoms with Crippen LogP contribution in [0.25, 0.3) is 10.9 Å². The van der Waals surface area contributed by atoms with E-state index in [4.69, 9.17) is 4.98 Å². The van der Waals surface area contributed by atoms with Gasteiger partial charge in [0.15, 0.2) is 5.16 Å². The Labute approximate surface area is 167 Å². The summed E-state index contributed by atoms with van der Waals surface area (Å²) in [6.45, 7) is 2.33. The summed E-state index contributed by atoms with van der Waals surface area (Å²) in [5.74, 6) is -0.946. The molecule has 6 heteroatoms. The average molecular weight is 394 g/mol. The van der Waals surface area contributed by atoms with Crippen LogP contribution in [0, 0.1) is 0 Å². The molecule has 0 spiro atoms. The van der Waals surface area contributed by atoms with Gasteiger partial charge in [0.1, 0.15) is 5.25 Å². The number of thioether (sulfide) groups is 1. The monoisotopic (exact) mass is 394 g/mol. The molecule has 0 saturated heterocycles. The zero-order valence-electron chi connectivity index (χ0n) is 15.7. The first-order chi connectivity index (χ1) is 13.6. The molecule has 5 nitrogen and oxygen atoms in total. The van der Waals surface area contributed by atoms with Crippen LogP contribution in [0.3, 0.4) is 0 Å². The molecule has 0 radical (unpaired) electrons. The quantitative estimate of drug-likeness (QED) is 0.518. The molecule has 1 aliphatic carbocycles.